The van der Waals surface area contributed by atoms with Crippen LogP contribution in [0.3, 0.4) is 0 Å². The Morgan fingerprint density at radius 3 is 2.47 bits per heavy atom. The van der Waals surface area contributed by atoms with Gasteiger partial charge in [0.05, 0.1) is 12.9 Å². The largest absolute Gasteiger partial charge is 0.465 e. The minimum atomic E-state index is -4.33. The smallest absolute Gasteiger partial charge is 0.459 e. The van der Waals surface area contributed by atoms with Crippen LogP contribution in [0.5, 0.6) is 5.75 Å². The number of benzene rings is 1. The number of carbonyl (C=O) groups excluding carboxylic acids is 1. The van der Waals surface area contributed by atoms with Crippen molar-refractivity contribution in [1.29, 1.82) is 0 Å². The molecule has 0 saturated carbocycles. The summed E-state index contributed by atoms with van der Waals surface area (Å²) < 4.78 is 52.4. The summed E-state index contributed by atoms with van der Waals surface area (Å²) >= 11 is 0. The zero-order valence-electron chi connectivity index (χ0n) is 28.3. The molecule has 2 aromatic heterocycles. The zero-order chi connectivity index (χ0) is 35.3. The fraction of sp³-hybridized carbons (Fsp3) is 0.588. The number of esters is 1. The van der Waals surface area contributed by atoms with Gasteiger partial charge in [-0.25, -0.2) is 9.55 Å². The third kappa shape index (κ3) is 10.7. The third-order valence-electron chi connectivity index (χ3n) is 8.40. The maximum Gasteiger partial charge on any atom is 0.459 e. The number of halogens is 1. The lowest BCUT2D eigenvalue weighted by Gasteiger charge is -2.29. The molecule has 5 atom stereocenters. The second-order valence-electron chi connectivity index (χ2n) is 12.3. The van der Waals surface area contributed by atoms with Gasteiger partial charge in [-0.2, -0.15) is 19.4 Å². The number of hydrogen-bond acceptors (Lipinski definition) is 11. The predicted molar refractivity (Wildman–Crippen MR) is 183 cm³/mol. The van der Waals surface area contributed by atoms with E-state index in [-0.39, 0.29) is 35.8 Å². The van der Waals surface area contributed by atoms with Gasteiger partial charge in [-0.1, -0.05) is 95.3 Å². The predicted octanol–water partition coefficient (Wildman–Crippen LogP) is 6.24. The Morgan fingerprint density at radius 2 is 1.82 bits per heavy atom. The van der Waals surface area contributed by atoms with Gasteiger partial charge in [0, 0.05) is 6.42 Å². The second kappa shape index (κ2) is 18.4. The van der Waals surface area contributed by atoms with E-state index in [2.05, 4.69) is 32.9 Å². The molecule has 1 saturated heterocycles. The average molecular weight is 703 g/mol. The first-order valence-electron chi connectivity index (χ1n) is 17.0. The molecule has 1 aliphatic heterocycles. The van der Waals surface area contributed by atoms with Crippen LogP contribution >= 0.6 is 7.75 Å². The van der Waals surface area contributed by atoms with Crippen molar-refractivity contribution in [3.05, 3.63) is 42.7 Å². The number of ether oxygens (including phenoxy) is 2. The van der Waals surface area contributed by atoms with Gasteiger partial charge in [-0.05, 0) is 25.5 Å². The molecule has 0 amide bonds. The molecule has 3 aromatic rings. The van der Waals surface area contributed by atoms with E-state index in [1.807, 2.05) is 0 Å². The summed E-state index contributed by atoms with van der Waals surface area (Å²) in [4.78, 5) is 24.2. The lowest BCUT2D eigenvalue weighted by atomic mass is 9.99. The summed E-state index contributed by atoms with van der Waals surface area (Å²) in [6.07, 6.45) is 16.6. The number of aliphatic hydroxyl groups excluding tert-OH is 1. The van der Waals surface area contributed by atoms with Crippen LogP contribution < -0.4 is 15.3 Å². The number of imidazole rings is 1. The van der Waals surface area contributed by atoms with E-state index >= 15 is 0 Å². The molecule has 0 spiro atoms. The molecule has 0 bridgehead atoms. The van der Waals surface area contributed by atoms with E-state index in [0.29, 0.717) is 0 Å². The summed E-state index contributed by atoms with van der Waals surface area (Å²) in [5.41, 5.74) is 4.15. The molecule has 3 heterocycles. The van der Waals surface area contributed by atoms with Crippen LogP contribution in [-0.4, -0.2) is 61.6 Å². The van der Waals surface area contributed by atoms with Crippen LogP contribution in [0, 0.1) is 18.4 Å². The van der Waals surface area contributed by atoms with E-state index in [1.54, 1.807) is 30.3 Å². The Balaban J connectivity index is 1.32. The fourth-order valence-electron chi connectivity index (χ4n) is 5.59. The van der Waals surface area contributed by atoms with Crippen LogP contribution in [-0.2, 0) is 23.4 Å². The highest BCUT2D eigenvalue weighted by Crippen LogP contribution is 2.48. The number of rotatable bonds is 21. The first-order valence-corrected chi connectivity index (χ1v) is 18.6. The number of aromatic nitrogens is 4. The normalized spacial score (nSPS) is 20.9. The van der Waals surface area contributed by atoms with Crippen LogP contribution in [0.1, 0.15) is 97.1 Å². The maximum atomic E-state index is 14.1. The minimum Gasteiger partial charge on any atom is -0.465 e. The van der Waals surface area contributed by atoms with Gasteiger partial charge in [0.2, 0.25) is 0 Å². The van der Waals surface area contributed by atoms with E-state index in [0.717, 1.165) is 25.7 Å². The third-order valence-corrected chi connectivity index (χ3v) is 10.0. The summed E-state index contributed by atoms with van der Waals surface area (Å²) in [6.45, 7) is 3.34. The van der Waals surface area contributed by atoms with E-state index < -0.39 is 50.4 Å². The van der Waals surface area contributed by atoms with Crippen molar-refractivity contribution in [3.63, 3.8) is 0 Å². The Hall–Kier alpha value is -3.60. The first-order chi connectivity index (χ1) is 23.6. The van der Waals surface area contributed by atoms with Crippen LogP contribution in [0.25, 0.3) is 11.2 Å². The number of nitrogens with two attached hydrogens (primary N) is 1. The van der Waals surface area contributed by atoms with Crippen molar-refractivity contribution < 1.29 is 37.4 Å². The molecule has 1 aliphatic rings. The Bertz CT molecular complexity index is 1590. The Kier molecular flexibility index (Phi) is 14.4. The Morgan fingerprint density at radius 1 is 1.16 bits per heavy atom. The van der Waals surface area contributed by atoms with Crippen molar-refractivity contribution in [2.24, 2.45) is 0 Å². The summed E-state index contributed by atoms with van der Waals surface area (Å²) in [7, 11) is -4.33. The van der Waals surface area contributed by atoms with Crippen molar-refractivity contribution in [2.75, 3.05) is 18.9 Å². The molecule has 13 nitrogen and oxygen atoms in total. The molecule has 1 fully saturated rings. The molecule has 4 N–H and O–H groups in total. The number of unbranched alkanes of at least 4 members (excludes halogenated alkanes) is 10. The lowest BCUT2D eigenvalue weighted by molar-refractivity contribution is -0.145. The zero-order valence-corrected chi connectivity index (χ0v) is 29.2. The number of aliphatic hydroxyl groups is 1. The molecule has 15 heteroatoms. The SMILES string of the molecule is C#C[C@]1(CO[P@@](=O)(N[C@@H](C)C(=O)OCCCCCCCCCCCCC)Oc2ccccc2)O[C@@H](n2cnc3c(N)nc(F)nc32)C[C@@H]1O. The number of carbonyl (C=O) groups is 1. The van der Waals surface area contributed by atoms with Gasteiger partial charge >= 0.3 is 19.8 Å². The van der Waals surface area contributed by atoms with Gasteiger partial charge in [-0.15, -0.1) is 6.42 Å². The number of terminal acetylenes is 1. The molecule has 0 radical (unpaired) electrons. The Labute approximate surface area is 287 Å². The minimum absolute atomic E-state index is 0.0381. The van der Waals surface area contributed by atoms with Gasteiger partial charge in [0.1, 0.15) is 30.7 Å². The standard InChI is InChI=1S/C34H48FN6O7P/c1-4-6-7-8-9-10-11-12-13-14-18-21-45-32(43)25(3)40-49(44,48-26-19-16-15-17-20-26)46-23-34(5-2)27(42)22-28(47-34)41-24-37-29-30(36)38-33(35)39-31(29)41/h2,15-17,19-20,24-25,27-28,42H,4,6-14,18,21-23H2,1,3H3,(H,40,44)(H2,36,38,39)/t25-,27-,28+,34+,49-/m0/s1. The topological polar surface area (TPSA) is 173 Å². The molecule has 1 aromatic carbocycles. The number of nitrogen functional groups attached to an aromatic ring is 1. The average Bonchev–Trinajstić information content (AvgIpc) is 3.65. The molecule has 4 rings (SSSR count). The van der Waals surface area contributed by atoms with Gasteiger partial charge < -0.3 is 24.8 Å². The quantitative estimate of drug-likeness (QED) is 0.0376. The van der Waals surface area contributed by atoms with Crippen molar-refractivity contribution in [3.8, 4) is 18.1 Å². The van der Waals surface area contributed by atoms with Crippen molar-refractivity contribution in [2.45, 2.75) is 115 Å². The van der Waals surface area contributed by atoms with Gasteiger partial charge in [0.15, 0.2) is 22.6 Å². The number of fused-ring (bicyclic) bond motifs is 1. The maximum absolute atomic E-state index is 14.1. The fourth-order valence-corrected chi connectivity index (χ4v) is 7.11. The van der Waals surface area contributed by atoms with Crippen LogP contribution in [0.2, 0.25) is 0 Å². The summed E-state index contributed by atoms with van der Waals surface area (Å²) in [6, 6.07) is 7.16. The summed E-state index contributed by atoms with van der Waals surface area (Å²) in [5.74, 6) is 1.82. The van der Waals surface area contributed by atoms with Gasteiger partial charge in [-0.3, -0.25) is 13.9 Å². The highest BCUT2D eigenvalue weighted by atomic mass is 31.2. The van der Waals surface area contributed by atoms with Crippen LogP contribution in [0.15, 0.2) is 36.7 Å². The lowest BCUT2D eigenvalue weighted by Crippen LogP contribution is -2.43. The molecule has 0 unspecified atom stereocenters. The number of hydrogen-bond donors (Lipinski definition) is 3. The van der Waals surface area contributed by atoms with E-state index in [4.69, 9.17) is 30.7 Å². The number of nitrogens with one attached hydrogen (secondary N) is 1. The molecular formula is C34H48FN6O7P. The molecule has 49 heavy (non-hydrogen) atoms. The van der Waals surface area contributed by atoms with Crippen molar-refractivity contribution >= 4 is 30.7 Å². The molecule has 268 valence electrons. The number of anilines is 1. The number of para-hydroxylation sites is 1. The molecule has 0 aliphatic carbocycles. The van der Waals surface area contributed by atoms with Crippen molar-refractivity contribution in [1.82, 2.24) is 24.6 Å². The van der Waals surface area contributed by atoms with E-state index in [9.17, 15) is 18.9 Å². The first kappa shape index (κ1) is 38.2. The van der Waals surface area contributed by atoms with E-state index in [1.165, 1.54) is 62.8 Å². The highest BCUT2D eigenvalue weighted by Gasteiger charge is 2.50. The van der Waals surface area contributed by atoms with Gasteiger partial charge in [0.25, 0.3) is 0 Å². The van der Waals surface area contributed by atoms with Crippen LogP contribution in [0.4, 0.5) is 10.2 Å². The second-order valence-corrected chi connectivity index (χ2v) is 14.0. The monoisotopic (exact) mass is 702 g/mol. The summed E-state index contributed by atoms with van der Waals surface area (Å²) in [5, 5.41) is 13.7. The number of nitrogens with zero attached hydrogens (tertiary/aromatic N) is 4. The molecular weight excluding hydrogens is 654 g/mol. The highest BCUT2D eigenvalue weighted by molar-refractivity contribution is 7.52.